The van der Waals surface area contributed by atoms with E-state index in [0.29, 0.717) is 12.4 Å². The van der Waals surface area contributed by atoms with Crippen molar-refractivity contribution in [3.63, 3.8) is 0 Å². The molecule has 2 aromatic carbocycles. The number of carbonyl (C=O) groups is 1. The second-order valence-corrected chi connectivity index (χ2v) is 5.62. The molecule has 0 unspecified atom stereocenters. The molecule has 23 heavy (non-hydrogen) atoms. The van der Waals surface area contributed by atoms with Crippen LogP contribution in [0.2, 0.25) is 0 Å². The Morgan fingerprint density at radius 1 is 1.22 bits per heavy atom. The number of ether oxygens (including phenoxy) is 1. The van der Waals surface area contributed by atoms with E-state index in [4.69, 9.17) is 4.74 Å². The molecule has 0 radical (unpaired) electrons. The predicted octanol–water partition coefficient (Wildman–Crippen LogP) is 3.49. The Balaban J connectivity index is 1.79. The molecule has 0 aromatic heterocycles. The van der Waals surface area contributed by atoms with Gasteiger partial charge in [-0.3, -0.25) is 4.79 Å². The number of amides is 1. The molecule has 2 aromatic rings. The van der Waals surface area contributed by atoms with Gasteiger partial charge in [0.1, 0.15) is 12.4 Å². The summed E-state index contributed by atoms with van der Waals surface area (Å²) in [7, 11) is 0. The summed E-state index contributed by atoms with van der Waals surface area (Å²) in [5.41, 5.74) is 3.37. The van der Waals surface area contributed by atoms with Gasteiger partial charge in [-0.05, 0) is 29.8 Å². The van der Waals surface area contributed by atoms with Gasteiger partial charge >= 0.3 is 0 Å². The van der Waals surface area contributed by atoms with E-state index in [9.17, 15) is 4.79 Å². The van der Waals surface area contributed by atoms with E-state index in [1.807, 2.05) is 54.6 Å². The summed E-state index contributed by atoms with van der Waals surface area (Å²) in [6, 6.07) is 17.2. The first-order valence-electron chi connectivity index (χ1n) is 7.11. The molecule has 118 valence electrons. The number of rotatable bonds is 8. The fraction of sp³-hybridized carbons (Fsp3) is 0.111. The maximum Gasteiger partial charge on any atom is 0.250 e. The Bertz CT molecular complexity index is 672. The Morgan fingerprint density at radius 2 is 2.04 bits per heavy atom. The smallest absolute Gasteiger partial charge is 0.250 e. The molecule has 0 saturated carbocycles. The quantitative estimate of drug-likeness (QED) is 0.350. The molecule has 0 aliphatic carbocycles. The van der Waals surface area contributed by atoms with Gasteiger partial charge in [-0.2, -0.15) is 5.10 Å². The molecular formula is C18H18N2O2S. The number of hydrogen-bond donors (Lipinski definition) is 1. The SMILES string of the molecule is C=CCOc1cccc(/C=N\NC(=O)CSc2ccccc2)c1. The Hall–Kier alpha value is -2.53. The summed E-state index contributed by atoms with van der Waals surface area (Å²) < 4.78 is 5.44. The molecule has 1 amide bonds. The van der Waals surface area contributed by atoms with E-state index in [2.05, 4.69) is 17.1 Å². The summed E-state index contributed by atoms with van der Waals surface area (Å²) in [5, 5.41) is 3.96. The van der Waals surface area contributed by atoms with Gasteiger partial charge in [-0.1, -0.05) is 43.0 Å². The van der Waals surface area contributed by atoms with Crippen molar-refractivity contribution < 1.29 is 9.53 Å². The number of carbonyl (C=O) groups excluding carboxylic acids is 1. The van der Waals surface area contributed by atoms with Crippen LogP contribution in [0.4, 0.5) is 0 Å². The molecule has 0 saturated heterocycles. The van der Waals surface area contributed by atoms with Crippen molar-refractivity contribution in [2.75, 3.05) is 12.4 Å². The molecular weight excluding hydrogens is 308 g/mol. The lowest BCUT2D eigenvalue weighted by molar-refractivity contribution is -0.118. The lowest BCUT2D eigenvalue weighted by atomic mass is 10.2. The van der Waals surface area contributed by atoms with Gasteiger partial charge in [0.05, 0.1) is 12.0 Å². The minimum Gasteiger partial charge on any atom is -0.490 e. The molecule has 0 heterocycles. The Labute approximate surface area is 140 Å². The maximum absolute atomic E-state index is 11.7. The zero-order valence-corrected chi connectivity index (χ0v) is 13.5. The molecule has 0 aliphatic rings. The van der Waals surface area contributed by atoms with Gasteiger partial charge in [0.15, 0.2) is 0 Å². The summed E-state index contributed by atoms with van der Waals surface area (Å²) in [6.45, 7) is 4.06. The van der Waals surface area contributed by atoms with Crippen LogP contribution >= 0.6 is 11.8 Å². The van der Waals surface area contributed by atoms with Crippen LogP contribution in [0.15, 0.2) is 77.2 Å². The molecule has 5 heteroatoms. The number of hydrazone groups is 1. The van der Waals surface area contributed by atoms with Crippen LogP contribution in [0.25, 0.3) is 0 Å². The molecule has 4 nitrogen and oxygen atoms in total. The zero-order valence-electron chi connectivity index (χ0n) is 12.6. The lowest BCUT2D eigenvalue weighted by Gasteiger charge is -2.03. The second-order valence-electron chi connectivity index (χ2n) is 4.57. The van der Waals surface area contributed by atoms with E-state index in [1.165, 1.54) is 11.8 Å². The summed E-state index contributed by atoms with van der Waals surface area (Å²) in [5.74, 6) is 0.915. The third-order valence-corrected chi connectivity index (χ3v) is 3.75. The number of nitrogens with one attached hydrogen (secondary N) is 1. The van der Waals surface area contributed by atoms with Crippen LogP contribution in [-0.2, 0) is 4.79 Å². The van der Waals surface area contributed by atoms with Crippen molar-refractivity contribution in [3.05, 3.63) is 72.8 Å². The second kappa shape index (κ2) is 9.48. The molecule has 2 rings (SSSR count). The lowest BCUT2D eigenvalue weighted by Crippen LogP contribution is -2.19. The topological polar surface area (TPSA) is 50.7 Å². The largest absolute Gasteiger partial charge is 0.490 e. The Kier molecular flexibility index (Phi) is 6.94. The first kappa shape index (κ1) is 16.8. The third-order valence-electron chi connectivity index (χ3n) is 2.74. The summed E-state index contributed by atoms with van der Waals surface area (Å²) in [4.78, 5) is 12.8. The highest BCUT2D eigenvalue weighted by molar-refractivity contribution is 8.00. The molecule has 0 spiro atoms. The first-order chi connectivity index (χ1) is 11.3. The molecule has 0 aliphatic heterocycles. The highest BCUT2D eigenvalue weighted by Gasteiger charge is 2.01. The number of benzene rings is 2. The van der Waals surface area contributed by atoms with Gasteiger partial charge in [-0.25, -0.2) is 5.43 Å². The van der Waals surface area contributed by atoms with Gasteiger partial charge in [0.25, 0.3) is 0 Å². The summed E-state index contributed by atoms with van der Waals surface area (Å²) in [6.07, 6.45) is 3.28. The third kappa shape index (κ3) is 6.40. The van der Waals surface area contributed by atoms with Gasteiger partial charge in [0, 0.05) is 4.90 Å². The van der Waals surface area contributed by atoms with Crippen LogP contribution in [0, 0.1) is 0 Å². The van der Waals surface area contributed by atoms with Crippen LogP contribution in [0.3, 0.4) is 0 Å². The van der Waals surface area contributed by atoms with Crippen LogP contribution in [0.5, 0.6) is 5.75 Å². The van der Waals surface area contributed by atoms with Crippen LogP contribution in [0.1, 0.15) is 5.56 Å². The first-order valence-corrected chi connectivity index (χ1v) is 8.10. The van der Waals surface area contributed by atoms with Crippen LogP contribution in [-0.4, -0.2) is 24.5 Å². The van der Waals surface area contributed by atoms with Crippen LogP contribution < -0.4 is 10.2 Å². The van der Waals surface area contributed by atoms with Crippen molar-refractivity contribution >= 4 is 23.9 Å². The minimum atomic E-state index is -0.144. The number of thioether (sulfide) groups is 1. The van der Waals surface area contributed by atoms with Crippen molar-refractivity contribution in [1.82, 2.24) is 5.43 Å². The normalized spacial score (nSPS) is 10.4. The average Bonchev–Trinajstić information content (AvgIpc) is 2.59. The van der Waals surface area contributed by atoms with E-state index < -0.39 is 0 Å². The molecule has 0 atom stereocenters. The number of hydrogen-bond acceptors (Lipinski definition) is 4. The standard InChI is InChI=1S/C18H18N2O2S/c1-2-11-22-16-8-6-7-15(12-16)13-19-20-18(21)14-23-17-9-4-3-5-10-17/h2-10,12-13H,1,11,14H2,(H,20,21)/b19-13-. The molecule has 1 N–H and O–H groups in total. The molecule has 0 bridgehead atoms. The van der Waals surface area contributed by atoms with E-state index in [1.54, 1.807) is 12.3 Å². The summed E-state index contributed by atoms with van der Waals surface area (Å²) >= 11 is 1.47. The van der Waals surface area contributed by atoms with Crippen molar-refractivity contribution in [3.8, 4) is 5.75 Å². The monoisotopic (exact) mass is 326 g/mol. The van der Waals surface area contributed by atoms with Gasteiger partial charge < -0.3 is 4.74 Å². The zero-order chi connectivity index (χ0) is 16.3. The van der Waals surface area contributed by atoms with Crippen molar-refractivity contribution in [2.24, 2.45) is 5.10 Å². The maximum atomic E-state index is 11.7. The number of nitrogens with zero attached hydrogens (tertiary/aromatic N) is 1. The molecule has 0 fully saturated rings. The Morgan fingerprint density at radius 3 is 2.83 bits per heavy atom. The van der Waals surface area contributed by atoms with E-state index in [0.717, 1.165) is 16.2 Å². The average molecular weight is 326 g/mol. The van der Waals surface area contributed by atoms with Gasteiger partial charge in [0.2, 0.25) is 5.91 Å². The predicted molar refractivity (Wildman–Crippen MR) is 95.0 cm³/mol. The van der Waals surface area contributed by atoms with Crippen molar-refractivity contribution in [1.29, 1.82) is 0 Å². The minimum absolute atomic E-state index is 0.144. The fourth-order valence-corrected chi connectivity index (χ4v) is 2.43. The highest BCUT2D eigenvalue weighted by Crippen LogP contribution is 2.16. The van der Waals surface area contributed by atoms with E-state index >= 15 is 0 Å². The van der Waals surface area contributed by atoms with Gasteiger partial charge in [-0.15, -0.1) is 11.8 Å². The highest BCUT2D eigenvalue weighted by atomic mass is 32.2. The van der Waals surface area contributed by atoms with E-state index in [-0.39, 0.29) is 5.91 Å². The van der Waals surface area contributed by atoms with Crippen molar-refractivity contribution in [2.45, 2.75) is 4.90 Å². The fourth-order valence-electron chi connectivity index (χ4n) is 1.72.